The lowest BCUT2D eigenvalue weighted by molar-refractivity contribution is 0.415. The van der Waals surface area contributed by atoms with Crippen LogP contribution < -0.4 is 15.2 Å². The molecule has 3 N–H and O–H groups in total. The molecule has 0 radical (unpaired) electrons. The number of halogens is 1. The highest BCUT2D eigenvalue weighted by Gasteiger charge is 2.20. The van der Waals surface area contributed by atoms with Gasteiger partial charge in [-0.15, -0.1) is 11.3 Å². The molecule has 0 saturated carbocycles. The Bertz CT molecular complexity index is 713. The molecule has 0 aliphatic rings. The summed E-state index contributed by atoms with van der Waals surface area (Å²) in [7, 11) is -2.23. The van der Waals surface area contributed by atoms with E-state index in [1.807, 2.05) is 0 Å². The van der Waals surface area contributed by atoms with Gasteiger partial charge in [0, 0.05) is 17.5 Å². The van der Waals surface area contributed by atoms with E-state index in [1.54, 1.807) is 17.5 Å². The van der Waals surface area contributed by atoms with E-state index in [4.69, 9.17) is 22.1 Å². The molecule has 8 heteroatoms. The summed E-state index contributed by atoms with van der Waals surface area (Å²) in [4.78, 5) is 0.764. The molecule has 20 heavy (non-hydrogen) atoms. The normalized spacial score (nSPS) is 11.3. The summed E-state index contributed by atoms with van der Waals surface area (Å²) in [5.74, 6) is 0.511. The fourth-order valence-corrected chi connectivity index (χ4v) is 4.25. The van der Waals surface area contributed by atoms with Gasteiger partial charge in [-0.05, 0) is 23.6 Å². The molecule has 0 amide bonds. The van der Waals surface area contributed by atoms with Crippen molar-refractivity contribution in [3.8, 4) is 5.75 Å². The van der Waals surface area contributed by atoms with E-state index in [-0.39, 0.29) is 17.1 Å². The number of hydrogen-bond acceptors (Lipinski definition) is 5. The van der Waals surface area contributed by atoms with Crippen LogP contribution in [0, 0.1) is 0 Å². The summed E-state index contributed by atoms with van der Waals surface area (Å²) in [5, 5.41) is 1.98. The standard InChI is InChI=1S/C12H13ClN2O3S2/c1-18-8-2-3-9(13)10(6-8)15-20(16,17)12-4-5-19-11(12)7-14/h2-6,15H,7,14H2,1H3. The molecule has 0 unspecified atom stereocenters. The van der Waals surface area contributed by atoms with Crippen molar-refractivity contribution in [2.45, 2.75) is 11.4 Å². The van der Waals surface area contributed by atoms with Gasteiger partial charge in [-0.3, -0.25) is 4.72 Å². The van der Waals surface area contributed by atoms with Crippen molar-refractivity contribution in [1.82, 2.24) is 0 Å². The first kappa shape index (κ1) is 15.1. The molecule has 0 atom stereocenters. The van der Waals surface area contributed by atoms with Gasteiger partial charge < -0.3 is 10.5 Å². The number of nitrogens with two attached hydrogens (primary N) is 1. The minimum atomic E-state index is -3.72. The lowest BCUT2D eigenvalue weighted by Gasteiger charge is -2.11. The second kappa shape index (κ2) is 6.01. The molecule has 1 aromatic heterocycles. The van der Waals surface area contributed by atoms with Gasteiger partial charge in [0.2, 0.25) is 0 Å². The zero-order valence-corrected chi connectivity index (χ0v) is 13.0. The van der Waals surface area contributed by atoms with E-state index in [0.29, 0.717) is 15.6 Å². The number of ether oxygens (including phenoxy) is 1. The van der Waals surface area contributed by atoms with Crippen molar-refractivity contribution in [2.75, 3.05) is 11.8 Å². The summed E-state index contributed by atoms with van der Waals surface area (Å²) in [6.45, 7) is 0.166. The van der Waals surface area contributed by atoms with E-state index < -0.39 is 10.0 Å². The van der Waals surface area contributed by atoms with Crippen molar-refractivity contribution in [2.24, 2.45) is 5.73 Å². The van der Waals surface area contributed by atoms with Crippen LogP contribution in [0.5, 0.6) is 5.75 Å². The molecule has 1 heterocycles. The first-order valence-electron chi connectivity index (χ1n) is 5.60. The minimum absolute atomic E-state index is 0.166. The SMILES string of the molecule is COc1ccc(Cl)c(NS(=O)(=O)c2ccsc2CN)c1. The number of thiophene rings is 1. The Balaban J connectivity index is 2.38. The molecule has 2 rings (SSSR count). The molecule has 0 bridgehead atoms. The predicted octanol–water partition coefficient (Wildman–Crippen LogP) is 2.67. The lowest BCUT2D eigenvalue weighted by Crippen LogP contribution is -2.15. The zero-order valence-electron chi connectivity index (χ0n) is 10.6. The Morgan fingerprint density at radius 3 is 2.80 bits per heavy atom. The maximum atomic E-state index is 12.3. The van der Waals surface area contributed by atoms with Gasteiger partial charge in [0.1, 0.15) is 10.6 Å². The summed E-state index contributed by atoms with van der Waals surface area (Å²) in [6, 6.07) is 6.25. The van der Waals surface area contributed by atoms with Crippen molar-refractivity contribution in [1.29, 1.82) is 0 Å². The number of sulfonamides is 1. The van der Waals surface area contributed by atoms with Crippen LogP contribution in [0.1, 0.15) is 4.88 Å². The molecule has 0 saturated heterocycles. The van der Waals surface area contributed by atoms with Crippen molar-refractivity contribution >= 4 is 38.6 Å². The highest BCUT2D eigenvalue weighted by molar-refractivity contribution is 7.93. The van der Waals surface area contributed by atoms with E-state index in [9.17, 15) is 8.42 Å². The highest BCUT2D eigenvalue weighted by Crippen LogP contribution is 2.30. The summed E-state index contributed by atoms with van der Waals surface area (Å²) >= 11 is 7.29. The largest absolute Gasteiger partial charge is 0.497 e. The fourth-order valence-electron chi connectivity index (χ4n) is 1.63. The van der Waals surface area contributed by atoms with Crippen LogP contribution in [0.3, 0.4) is 0 Å². The molecule has 0 aliphatic carbocycles. The Hall–Kier alpha value is -1.28. The number of rotatable bonds is 5. The Kier molecular flexibility index (Phi) is 4.54. The summed E-state index contributed by atoms with van der Waals surface area (Å²) in [6.07, 6.45) is 0. The van der Waals surface area contributed by atoms with Gasteiger partial charge in [-0.2, -0.15) is 0 Å². The minimum Gasteiger partial charge on any atom is -0.497 e. The molecule has 0 aliphatic heterocycles. The van der Waals surface area contributed by atoms with Crippen LogP contribution in [-0.4, -0.2) is 15.5 Å². The third-order valence-electron chi connectivity index (χ3n) is 2.60. The van der Waals surface area contributed by atoms with Crippen molar-refractivity contribution in [3.05, 3.63) is 39.5 Å². The number of hydrogen-bond donors (Lipinski definition) is 2. The Morgan fingerprint density at radius 2 is 2.15 bits per heavy atom. The van der Waals surface area contributed by atoms with Crippen LogP contribution in [0.4, 0.5) is 5.69 Å². The van der Waals surface area contributed by atoms with E-state index in [2.05, 4.69) is 4.72 Å². The van der Waals surface area contributed by atoms with Crippen LogP contribution in [0.2, 0.25) is 5.02 Å². The van der Waals surface area contributed by atoms with Gasteiger partial charge in [0.05, 0.1) is 17.8 Å². The lowest BCUT2D eigenvalue weighted by atomic mass is 10.3. The average molecular weight is 333 g/mol. The van der Waals surface area contributed by atoms with E-state index in [0.717, 1.165) is 0 Å². The quantitative estimate of drug-likeness (QED) is 0.882. The maximum Gasteiger partial charge on any atom is 0.263 e. The van der Waals surface area contributed by atoms with E-state index >= 15 is 0 Å². The third-order valence-corrected chi connectivity index (χ3v) is 5.45. The van der Waals surface area contributed by atoms with Crippen LogP contribution in [-0.2, 0) is 16.6 Å². The smallest absolute Gasteiger partial charge is 0.263 e. The molecule has 0 fully saturated rings. The predicted molar refractivity (Wildman–Crippen MR) is 81.0 cm³/mol. The molecular formula is C12H13ClN2O3S2. The molecule has 1 aromatic carbocycles. The molecule has 2 aromatic rings. The van der Waals surface area contributed by atoms with Crippen LogP contribution >= 0.6 is 22.9 Å². The van der Waals surface area contributed by atoms with Gasteiger partial charge in [-0.25, -0.2) is 8.42 Å². The Labute approximate surface area is 126 Å². The maximum absolute atomic E-state index is 12.3. The highest BCUT2D eigenvalue weighted by atomic mass is 35.5. The first-order valence-corrected chi connectivity index (χ1v) is 8.35. The first-order chi connectivity index (χ1) is 9.47. The van der Waals surface area contributed by atoms with Gasteiger partial charge in [0.15, 0.2) is 0 Å². The van der Waals surface area contributed by atoms with E-state index in [1.165, 1.54) is 30.6 Å². The molecule has 108 valence electrons. The number of nitrogens with one attached hydrogen (secondary N) is 1. The number of anilines is 1. The average Bonchev–Trinajstić information content (AvgIpc) is 2.90. The topological polar surface area (TPSA) is 81.4 Å². The number of methoxy groups -OCH3 is 1. The molecular weight excluding hydrogens is 320 g/mol. The number of benzene rings is 1. The zero-order chi connectivity index (χ0) is 14.8. The monoisotopic (exact) mass is 332 g/mol. The molecule has 0 spiro atoms. The summed E-state index contributed by atoms with van der Waals surface area (Å²) in [5.41, 5.74) is 5.80. The van der Waals surface area contributed by atoms with Gasteiger partial charge >= 0.3 is 0 Å². The van der Waals surface area contributed by atoms with Crippen molar-refractivity contribution < 1.29 is 13.2 Å². The Morgan fingerprint density at radius 1 is 1.40 bits per heavy atom. The molecule has 5 nitrogen and oxygen atoms in total. The third kappa shape index (κ3) is 3.06. The van der Waals surface area contributed by atoms with Gasteiger partial charge in [-0.1, -0.05) is 11.6 Å². The fraction of sp³-hybridized carbons (Fsp3) is 0.167. The van der Waals surface area contributed by atoms with Crippen molar-refractivity contribution in [3.63, 3.8) is 0 Å². The second-order valence-corrected chi connectivity index (χ2v) is 6.92. The second-order valence-electron chi connectivity index (χ2n) is 3.86. The van der Waals surface area contributed by atoms with Gasteiger partial charge in [0.25, 0.3) is 10.0 Å². The summed E-state index contributed by atoms with van der Waals surface area (Å²) < 4.78 is 32.2. The van der Waals surface area contributed by atoms with Crippen LogP contribution in [0.15, 0.2) is 34.5 Å². The van der Waals surface area contributed by atoms with Crippen LogP contribution in [0.25, 0.3) is 0 Å².